The monoisotopic (exact) mass is 419 g/mol. The molecule has 1 amide bonds. The maximum absolute atomic E-state index is 13.6. The molecule has 0 spiro atoms. The fraction of sp³-hybridized carbons (Fsp3) is 0.591. The molecule has 4 atom stereocenters. The van der Waals surface area contributed by atoms with Gasteiger partial charge in [0.05, 0.1) is 11.5 Å². The van der Waals surface area contributed by atoms with Gasteiger partial charge in [0.2, 0.25) is 5.91 Å². The van der Waals surface area contributed by atoms with E-state index < -0.39 is 29.1 Å². The van der Waals surface area contributed by atoms with Crippen molar-refractivity contribution in [2.24, 2.45) is 28.3 Å². The van der Waals surface area contributed by atoms with Crippen molar-refractivity contribution in [3.05, 3.63) is 35.4 Å². The molecule has 1 saturated carbocycles. The van der Waals surface area contributed by atoms with Gasteiger partial charge in [-0.15, -0.1) is 0 Å². The Morgan fingerprint density at radius 2 is 1.73 bits per heavy atom. The largest absolute Gasteiger partial charge is 0.481 e. The second-order valence-corrected chi connectivity index (χ2v) is 9.51. The fourth-order valence-corrected chi connectivity index (χ4v) is 5.21. The van der Waals surface area contributed by atoms with Gasteiger partial charge in [0.15, 0.2) is 0 Å². The number of halogens is 2. The Hall–Kier alpha value is -2.35. The maximum Gasteiger partial charge on any atom is 0.310 e. The number of nitrogens with zero attached hydrogens (tertiary/aromatic N) is 3. The molecular weight excluding hydrogens is 392 g/mol. The van der Waals surface area contributed by atoms with E-state index in [1.807, 2.05) is 0 Å². The predicted molar refractivity (Wildman–Crippen MR) is 107 cm³/mol. The van der Waals surface area contributed by atoms with Crippen LogP contribution in [0.2, 0.25) is 0 Å². The predicted octanol–water partition coefficient (Wildman–Crippen LogP) is 3.29. The van der Waals surface area contributed by atoms with Gasteiger partial charge < -0.3 is 10.0 Å². The molecule has 1 saturated heterocycles. The highest BCUT2D eigenvalue weighted by atomic mass is 19.1. The molecule has 162 valence electrons. The first-order valence-corrected chi connectivity index (χ1v) is 10.4. The Labute approximate surface area is 174 Å². The first-order chi connectivity index (χ1) is 14.1. The number of carboxylic acid groups (broad SMARTS) is 1. The van der Waals surface area contributed by atoms with Crippen LogP contribution in [0.15, 0.2) is 23.3 Å². The summed E-state index contributed by atoms with van der Waals surface area (Å²) in [5.41, 5.74) is -0.385. The van der Waals surface area contributed by atoms with E-state index in [2.05, 4.69) is 10.0 Å². The van der Waals surface area contributed by atoms with E-state index in [1.54, 1.807) is 20.1 Å². The zero-order valence-corrected chi connectivity index (χ0v) is 17.2. The van der Waals surface area contributed by atoms with E-state index >= 15 is 0 Å². The lowest BCUT2D eigenvalue weighted by Gasteiger charge is -2.28. The third-order valence-corrected chi connectivity index (χ3v) is 6.70. The summed E-state index contributed by atoms with van der Waals surface area (Å²) in [4.78, 5) is 26.8. The summed E-state index contributed by atoms with van der Waals surface area (Å²) < 4.78 is 27.3. The second-order valence-electron chi connectivity index (χ2n) is 9.51. The quantitative estimate of drug-likeness (QED) is 0.795. The van der Waals surface area contributed by atoms with Crippen LogP contribution < -0.4 is 0 Å². The highest BCUT2D eigenvalue weighted by molar-refractivity contribution is 5.82. The molecule has 2 unspecified atom stereocenters. The van der Waals surface area contributed by atoms with E-state index in [0.29, 0.717) is 30.4 Å². The summed E-state index contributed by atoms with van der Waals surface area (Å²) in [6.07, 6.45) is 3.54. The van der Waals surface area contributed by atoms with Crippen LogP contribution in [0.5, 0.6) is 0 Å². The summed E-state index contributed by atoms with van der Waals surface area (Å²) >= 11 is 0. The molecule has 2 heterocycles. The van der Waals surface area contributed by atoms with Crippen molar-refractivity contribution >= 4 is 18.1 Å². The topological polar surface area (TPSA) is 73.2 Å². The van der Waals surface area contributed by atoms with Gasteiger partial charge in [-0.05, 0) is 56.2 Å². The molecule has 1 aromatic rings. The van der Waals surface area contributed by atoms with Gasteiger partial charge in [-0.1, -0.05) is 0 Å². The Morgan fingerprint density at radius 3 is 2.30 bits per heavy atom. The van der Waals surface area contributed by atoms with Crippen LogP contribution >= 0.6 is 0 Å². The van der Waals surface area contributed by atoms with Gasteiger partial charge >= 0.3 is 5.97 Å². The lowest BCUT2D eigenvalue weighted by atomic mass is 9.93. The van der Waals surface area contributed by atoms with Gasteiger partial charge in [-0.25, -0.2) is 13.8 Å². The number of benzene rings is 1. The van der Waals surface area contributed by atoms with Crippen molar-refractivity contribution in [2.45, 2.75) is 39.2 Å². The van der Waals surface area contributed by atoms with Crippen molar-refractivity contribution < 1.29 is 23.5 Å². The molecule has 1 aromatic carbocycles. The Balaban J connectivity index is 1.39. The third-order valence-electron chi connectivity index (χ3n) is 6.70. The first-order valence-electron chi connectivity index (χ1n) is 10.4. The summed E-state index contributed by atoms with van der Waals surface area (Å²) in [7, 11) is 0. The average Bonchev–Trinajstić information content (AvgIpc) is 3.34. The zero-order chi connectivity index (χ0) is 21.6. The summed E-state index contributed by atoms with van der Waals surface area (Å²) in [6, 6.07) is 2.86. The molecule has 0 bridgehead atoms. The molecule has 6 nitrogen and oxygen atoms in total. The molecule has 8 heteroatoms. The van der Waals surface area contributed by atoms with Crippen molar-refractivity contribution in [2.75, 3.05) is 19.6 Å². The van der Waals surface area contributed by atoms with Crippen LogP contribution in [0.25, 0.3) is 0 Å². The van der Waals surface area contributed by atoms with Crippen molar-refractivity contribution in [3.63, 3.8) is 0 Å². The molecule has 30 heavy (non-hydrogen) atoms. The van der Waals surface area contributed by atoms with Gasteiger partial charge in [0, 0.05) is 44.3 Å². The molecular formula is C22H27F2N3O3. The molecule has 4 rings (SSSR count). The number of hydrazone groups is 1. The number of amides is 1. The number of likely N-dealkylation sites (tertiary alicyclic amines) is 1. The van der Waals surface area contributed by atoms with E-state index in [-0.39, 0.29) is 11.8 Å². The zero-order valence-electron chi connectivity index (χ0n) is 17.2. The molecule has 2 aliphatic heterocycles. The smallest absolute Gasteiger partial charge is 0.310 e. The highest BCUT2D eigenvalue weighted by Crippen LogP contribution is 2.44. The molecule has 0 aromatic heterocycles. The van der Waals surface area contributed by atoms with E-state index in [4.69, 9.17) is 0 Å². The van der Waals surface area contributed by atoms with E-state index in [0.717, 1.165) is 32.0 Å². The molecule has 1 N–H and O–H groups in total. The number of fused-ring (bicyclic) bond motifs is 1. The van der Waals surface area contributed by atoms with Crippen LogP contribution in [0.1, 0.15) is 44.7 Å². The standard InChI is InChI=1S/C22H27F2N3O3/c1-22(2,21(29)30)12-26-10-15-5-14(6-16(15)11-26)20(28)27-19(3-4-25-27)13-7-17(23)9-18(24)8-13/h4,7-9,14-16,19H,3,5-6,10-12H2,1-2H3,(H,29,30)/t14?,15-,16+,19?. The minimum atomic E-state index is -0.806. The number of hydrogen-bond donors (Lipinski definition) is 1. The second kappa shape index (κ2) is 7.72. The van der Waals surface area contributed by atoms with E-state index in [9.17, 15) is 23.5 Å². The number of carbonyl (C=O) groups is 2. The van der Waals surface area contributed by atoms with Crippen molar-refractivity contribution in [1.29, 1.82) is 0 Å². The summed E-state index contributed by atoms with van der Waals surface area (Å²) in [6.45, 7) is 5.56. The lowest BCUT2D eigenvalue weighted by molar-refractivity contribution is -0.147. The highest BCUT2D eigenvalue weighted by Gasteiger charge is 2.46. The number of carboxylic acids is 1. The summed E-state index contributed by atoms with van der Waals surface area (Å²) in [5.74, 6) is -1.66. The van der Waals surface area contributed by atoms with Gasteiger partial charge in [0.25, 0.3) is 0 Å². The van der Waals surface area contributed by atoms with Crippen molar-refractivity contribution in [3.8, 4) is 0 Å². The van der Waals surface area contributed by atoms with Crippen molar-refractivity contribution in [1.82, 2.24) is 9.91 Å². The molecule has 0 radical (unpaired) electrons. The Bertz CT molecular complexity index is 854. The number of rotatable bonds is 5. The lowest BCUT2D eigenvalue weighted by Crippen LogP contribution is -2.39. The van der Waals surface area contributed by atoms with Crippen LogP contribution in [0.3, 0.4) is 0 Å². The first kappa shape index (κ1) is 20.9. The van der Waals surface area contributed by atoms with Crippen LogP contribution in [-0.4, -0.2) is 52.7 Å². The molecule has 3 aliphatic rings. The van der Waals surface area contributed by atoms with Gasteiger partial charge in [-0.3, -0.25) is 9.59 Å². The molecule has 2 fully saturated rings. The summed E-state index contributed by atoms with van der Waals surface area (Å²) in [5, 5.41) is 15.0. The Kier molecular flexibility index (Phi) is 5.38. The van der Waals surface area contributed by atoms with Gasteiger partial charge in [0.1, 0.15) is 11.6 Å². The van der Waals surface area contributed by atoms with E-state index in [1.165, 1.54) is 17.1 Å². The maximum atomic E-state index is 13.6. The minimum absolute atomic E-state index is 0.0924. The number of carbonyl (C=O) groups excluding carboxylic acids is 1. The van der Waals surface area contributed by atoms with Crippen LogP contribution in [0.4, 0.5) is 8.78 Å². The molecule has 1 aliphatic carbocycles. The van der Waals surface area contributed by atoms with Gasteiger partial charge in [-0.2, -0.15) is 5.10 Å². The van der Waals surface area contributed by atoms with Crippen LogP contribution in [0, 0.1) is 34.8 Å². The average molecular weight is 419 g/mol. The normalized spacial score (nSPS) is 28.9. The van der Waals surface area contributed by atoms with Crippen LogP contribution in [-0.2, 0) is 9.59 Å². The fourth-order valence-electron chi connectivity index (χ4n) is 5.21. The SMILES string of the molecule is CC(C)(CN1C[C@H]2CC(C(=O)N3N=CCC3c3cc(F)cc(F)c3)C[C@H]2C1)C(=O)O. The third kappa shape index (κ3) is 3.97. The Morgan fingerprint density at radius 1 is 1.13 bits per heavy atom. The minimum Gasteiger partial charge on any atom is -0.481 e. The number of hydrogen-bond acceptors (Lipinski definition) is 4. The number of aliphatic carboxylic acids is 1.